The van der Waals surface area contributed by atoms with E-state index in [1.807, 2.05) is 0 Å². The normalized spacial score (nSPS) is 20.2. The standard InChI is InChI=1S/C11H14F2N2OS/c1-7-9(17-6-14-7)10(16)15-8-2-4-11(12,13)5-3-8/h6,8H,2-5H2,1H3,(H,15,16). The van der Waals surface area contributed by atoms with Crippen LogP contribution in [0.1, 0.15) is 41.0 Å². The molecule has 0 atom stereocenters. The van der Waals surface area contributed by atoms with E-state index in [2.05, 4.69) is 10.3 Å². The van der Waals surface area contributed by atoms with Crippen molar-refractivity contribution in [1.29, 1.82) is 0 Å². The molecular weight excluding hydrogens is 246 g/mol. The number of aromatic nitrogens is 1. The average Bonchev–Trinajstić information content (AvgIpc) is 2.68. The van der Waals surface area contributed by atoms with E-state index in [1.165, 1.54) is 11.3 Å². The molecule has 0 unspecified atom stereocenters. The molecular formula is C11H14F2N2OS. The summed E-state index contributed by atoms with van der Waals surface area (Å²) < 4.78 is 25.9. The average molecular weight is 260 g/mol. The second-order valence-corrected chi connectivity index (χ2v) is 5.23. The van der Waals surface area contributed by atoms with Crippen molar-refractivity contribution in [3.8, 4) is 0 Å². The second-order valence-electron chi connectivity index (χ2n) is 4.37. The number of hydrogen-bond acceptors (Lipinski definition) is 3. The molecule has 1 aliphatic rings. The van der Waals surface area contributed by atoms with Crippen LogP contribution in [0.5, 0.6) is 0 Å². The third-order valence-corrected chi connectivity index (χ3v) is 3.93. The van der Waals surface area contributed by atoms with Gasteiger partial charge in [-0.3, -0.25) is 4.79 Å². The largest absolute Gasteiger partial charge is 0.349 e. The quantitative estimate of drug-likeness (QED) is 0.888. The van der Waals surface area contributed by atoms with Crippen LogP contribution < -0.4 is 5.32 Å². The van der Waals surface area contributed by atoms with E-state index in [4.69, 9.17) is 0 Å². The fraction of sp³-hybridized carbons (Fsp3) is 0.636. The molecule has 6 heteroatoms. The zero-order valence-electron chi connectivity index (χ0n) is 9.50. The van der Waals surface area contributed by atoms with Gasteiger partial charge in [-0.05, 0) is 19.8 Å². The molecule has 0 aromatic carbocycles. The number of halogens is 2. The molecule has 1 saturated carbocycles. The molecule has 1 amide bonds. The lowest BCUT2D eigenvalue weighted by molar-refractivity contribution is -0.0399. The number of alkyl halides is 2. The number of nitrogens with one attached hydrogen (secondary N) is 1. The summed E-state index contributed by atoms with van der Waals surface area (Å²) in [6, 6.07) is -0.136. The van der Waals surface area contributed by atoms with Gasteiger partial charge in [0.15, 0.2) is 0 Å². The Bertz CT molecular complexity index is 409. The highest BCUT2D eigenvalue weighted by molar-refractivity contribution is 7.11. The van der Waals surface area contributed by atoms with Crippen LogP contribution in [-0.2, 0) is 0 Å². The van der Waals surface area contributed by atoms with E-state index >= 15 is 0 Å². The van der Waals surface area contributed by atoms with Crippen LogP contribution in [-0.4, -0.2) is 22.9 Å². The zero-order valence-corrected chi connectivity index (χ0v) is 10.3. The molecule has 0 saturated heterocycles. The number of hydrogen-bond donors (Lipinski definition) is 1. The number of nitrogens with zero attached hydrogens (tertiary/aromatic N) is 1. The SMILES string of the molecule is Cc1ncsc1C(=O)NC1CCC(F)(F)CC1. The van der Waals surface area contributed by atoms with Crippen LogP contribution in [0.15, 0.2) is 5.51 Å². The van der Waals surface area contributed by atoms with Crippen molar-refractivity contribution in [2.45, 2.75) is 44.6 Å². The van der Waals surface area contributed by atoms with E-state index in [0.29, 0.717) is 23.4 Å². The molecule has 2 rings (SSSR count). The van der Waals surface area contributed by atoms with Gasteiger partial charge in [-0.2, -0.15) is 0 Å². The Morgan fingerprint density at radius 2 is 2.18 bits per heavy atom. The zero-order chi connectivity index (χ0) is 12.5. The molecule has 1 aromatic heterocycles. The van der Waals surface area contributed by atoms with E-state index < -0.39 is 5.92 Å². The molecule has 0 bridgehead atoms. The Labute approximate surface area is 102 Å². The molecule has 1 heterocycles. The van der Waals surface area contributed by atoms with Gasteiger partial charge in [-0.25, -0.2) is 13.8 Å². The smallest absolute Gasteiger partial charge is 0.263 e. The molecule has 1 aliphatic carbocycles. The molecule has 0 spiro atoms. The fourth-order valence-corrected chi connectivity index (χ4v) is 2.66. The lowest BCUT2D eigenvalue weighted by atomic mass is 9.92. The summed E-state index contributed by atoms with van der Waals surface area (Å²) in [5.74, 6) is -2.75. The first-order valence-corrected chi connectivity index (χ1v) is 6.45. The molecule has 94 valence electrons. The van der Waals surface area contributed by atoms with Crippen molar-refractivity contribution >= 4 is 17.2 Å². The number of rotatable bonds is 2. The minimum Gasteiger partial charge on any atom is -0.349 e. The first-order valence-electron chi connectivity index (χ1n) is 5.57. The van der Waals surface area contributed by atoms with E-state index in [9.17, 15) is 13.6 Å². The topological polar surface area (TPSA) is 42.0 Å². The Morgan fingerprint density at radius 3 is 2.71 bits per heavy atom. The lowest BCUT2D eigenvalue weighted by Gasteiger charge is -2.28. The van der Waals surface area contributed by atoms with Crippen LogP contribution in [0.3, 0.4) is 0 Å². The van der Waals surface area contributed by atoms with Gasteiger partial charge >= 0.3 is 0 Å². The van der Waals surface area contributed by atoms with Crippen molar-refractivity contribution in [2.24, 2.45) is 0 Å². The van der Waals surface area contributed by atoms with Crippen molar-refractivity contribution in [3.63, 3.8) is 0 Å². The van der Waals surface area contributed by atoms with E-state index in [0.717, 1.165) is 0 Å². The van der Waals surface area contributed by atoms with Crippen molar-refractivity contribution < 1.29 is 13.6 Å². The maximum Gasteiger partial charge on any atom is 0.263 e. The molecule has 1 N–H and O–H groups in total. The number of carbonyl (C=O) groups excluding carboxylic acids is 1. The van der Waals surface area contributed by atoms with Crippen LogP contribution in [0, 0.1) is 6.92 Å². The Kier molecular flexibility index (Phi) is 3.42. The number of amides is 1. The predicted molar refractivity (Wildman–Crippen MR) is 61.5 cm³/mol. The van der Waals surface area contributed by atoms with Gasteiger partial charge < -0.3 is 5.32 Å². The van der Waals surface area contributed by atoms with Crippen LogP contribution in [0.2, 0.25) is 0 Å². The summed E-state index contributed by atoms with van der Waals surface area (Å²) in [5.41, 5.74) is 2.30. The van der Waals surface area contributed by atoms with E-state index in [1.54, 1.807) is 12.4 Å². The first kappa shape index (κ1) is 12.4. The number of carbonyl (C=O) groups is 1. The highest BCUT2D eigenvalue weighted by Gasteiger charge is 2.35. The fourth-order valence-electron chi connectivity index (χ4n) is 1.96. The monoisotopic (exact) mass is 260 g/mol. The summed E-state index contributed by atoms with van der Waals surface area (Å²) in [6.07, 6.45) is 0.409. The van der Waals surface area contributed by atoms with Crippen molar-refractivity contribution in [1.82, 2.24) is 10.3 Å². The van der Waals surface area contributed by atoms with Crippen molar-refractivity contribution in [2.75, 3.05) is 0 Å². The summed E-state index contributed by atoms with van der Waals surface area (Å²) in [7, 11) is 0. The lowest BCUT2D eigenvalue weighted by Crippen LogP contribution is -2.40. The Morgan fingerprint density at radius 1 is 1.53 bits per heavy atom. The molecule has 0 radical (unpaired) electrons. The maximum atomic E-state index is 12.9. The molecule has 17 heavy (non-hydrogen) atoms. The van der Waals surface area contributed by atoms with Gasteiger partial charge in [-0.15, -0.1) is 11.3 Å². The van der Waals surface area contributed by atoms with E-state index in [-0.39, 0.29) is 24.8 Å². The molecule has 1 aromatic rings. The van der Waals surface area contributed by atoms with Gasteiger partial charge in [0.1, 0.15) is 4.88 Å². The third kappa shape index (κ3) is 3.00. The number of aryl methyl sites for hydroxylation is 1. The maximum absolute atomic E-state index is 12.9. The van der Waals surface area contributed by atoms with Gasteiger partial charge in [0.05, 0.1) is 11.2 Å². The van der Waals surface area contributed by atoms with Crippen LogP contribution in [0.25, 0.3) is 0 Å². The summed E-state index contributed by atoms with van der Waals surface area (Å²) in [6.45, 7) is 1.76. The van der Waals surface area contributed by atoms with Gasteiger partial charge in [0.25, 0.3) is 5.91 Å². The predicted octanol–water partition coefficient (Wildman–Crippen LogP) is 2.76. The summed E-state index contributed by atoms with van der Waals surface area (Å²) >= 11 is 1.27. The first-order chi connectivity index (χ1) is 7.98. The van der Waals surface area contributed by atoms with Crippen LogP contribution >= 0.6 is 11.3 Å². The van der Waals surface area contributed by atoms with Gasteiger partial charge in [-0.1, -0.05) is 0 Å². The third-order valence-electron chi connectivity index (χ3n) is 3.00. The molecule has 1 fully saturated rings. The molecule has 3 nitrogen and oxygen atoms in total. The highest BCUT2D eigenvalue weighted by Crippen LogP contribution is 2.33. The molecule has 0 aliphatic heterocycles. The van der Waals surface area contributed by atoms with Crippen molar-refractivity contribution in [3.05, 3.63) is 16.1 Å². The minimum atomic E-state index is -2.55. The second kappa shape index (κ2) is 4.68. The van der Waals surface area contributed by atoms with Gasteiger partial charge in [0, 0.05) is 18.9 Å². The number of thiazole rings is 1. The Balaban J connectivity index is 1.91. The summed E-state index contributed by atoms with van der Waals surface area (Å²) in [5, 5.41) is 2.80. The summed E-state index contributed by atoms with van der Waals surface area (Å²) in [4.78, 5) is 16.4. The van der Waals surface area contributed by atoms with Gasteiger partial charge in [0.2, 0.25) is 5.92 Å². The minimum absolute atomic E-state index is 0.136. The highest BCUT2D eigenvalue weighted by atomic mass is 32.1. The van der Waals surface area contributed by atoms with Crippen LogP contribution in [0.4, 0.5) is 8.78 Å². The Hall–Kier alpha value is -1.04.